The lowest BCUT2D eigenvalue weighted by molar-refractivity contribution is 0.601. The van der Waals surface area contributed by atoms with Crippen LogP contribution >= 0.6 is 11.6 Å². The minimum Gasteiger partial charge on any atom is -0.397 e. The molecule has 0 aliphatic carbocycles. The first kappa shape index (κ1) is 13.7. The van der Waals surface area contributed by atoms with Gasteiger partial charge in [0.05, 0.1) is 27.5 Å². The fraction of sp³-hybridized carbons (Fsp3) is 0.182. The summed E-state index contributed by atoms with van der Waals surface area (Å²) in [5, 5.41) is 4.25. The Kier molecular flexibility index (Phi) is 3.42. The van der Waals surface area contributed by atoms with Crippen LogP contribution in [0.4, 0.5) is 11.4 Å². The van der Waals surface area contributed by atoms with Crippen molar-refractivity contribution < 1.29 is 8.42 Å². The van der Waals surface area contributed by atoms with Crippen LogP contribution in [0, 0.1) is 6.92 Å². The largest absolute Gasteiger partial charge is 0.397 e. The fourth-order valence-corrected chi connectivity index (χ4v) is 2.86. The van der Waals surface area contributed by atoms with E-state index in [0.29, 0.717) is 16.3 Å². The molecular weight excluding hydrogens is 288 g/mol. The maximum absolute atomic E-state index is 12.2. The quantitative estimate of drug-likeness (QED) is 0.845. The summed E-state index contributed by atoms with van der Waals surface area (Å²) in [6.45, 7) is 1.70. The predicted octanol–water partition coefficient (Wildman–Crippen LogP) is 1.76. The number of halogens is 1. The summed E-state index contributed by atoms with van der Waals surface area (Å²) in [5.74, 6) is 0. The molecule has 0 atom stereocenters. The number of rotatable bonds is 3. The molecule has 0 amide bonds. The molecule has 19 heavy (non-hydrogen) atoms. The molecule has 102 valence electrons. The van der Waals surface area contributed by atoms with Crippen LogP contribution in [0.15, 0.2) is 29.4 Å². The Bertz CT molecular complexity index is 701. The first-order valence-corrected chi connectivity index (χ1v) is 7.23. The summed E-state index contributed by atoms with van der Waals surface area (Å²) in [6.07, 6.45) is 2.98. The van der Waals surface area contributed by atoms with Crippen molar-refractivity contribution in [2.24, 2.45) is 7.05 Å². The van der Waals surface area contributed by atoms with Gasteiger partial charge in [0.15, 0.2) is 0 Å². The molecular formula is C11H13ClN4O2S. The van der Waals surface area contributed by atoms with E-state index in [1.165, 1.54) is 23.0 Å². The van der Waals surface area contributed by atoms with Gasteiger partial charge in [-0.1, -0.05) is 11.6 Å². The topological polar surface area (TPSA) is 90.0 Å². The van der Waals surface area contributed by atoms with E-state index < -0.39 is 10.0 Å². The second-order valence-electron chi connectivity index (χ2n) is 4.15. The van der Waals surface area contributed by atoms with Crippen LogP contribution < -0.4 is 10.5 Å². The van der Waals surface area contributed by atoms with Gasteiger partial charge in [-0.2, -0.15) is 5.10 Å². The average Bonchev–Trinajstić information content (AvgIpc) is 2.70. The highest BCUT2D eigenvalue weighted by Gasteiger charge is 2.17. The van der Waals surface area contributed by atoms with E-state index in [0.717, 1.165) is 0 Å². The average molecular weight is 301 g/mol. The Morgan fingerprint density at radius 1 is 1.42 bits per heavy atom. The summed E-state index contributed by atoms with van der Waals surface area (Å²) in [7, 11) is -2.01. The van der Waals surface area contributed by atoms with Gasteiger partial charge in [0.1, 0.15) is 0 Å². The lowest BCUT2D eigenvalue weighted by atomic mass is 10.2. The van der Waals surface area contributed by atoms with Crippen LogP contribution in [0.25, 0.3) is 0 Å². The van der Waals surface area contributed by atoms with Gasteiger partial charge in [0, 0.05) is 13.2 Å². The molecule has 1 heterocycles. The van der Waals surface area contributed by atoms with Crippen LogP contribution in [-0.2, 0) is 17.1 Å². The van der Waals surface area contributed by atoms with Crippen LogP contribution in [0.1, 0.15) is 5.56 Å². The number of nitrogens with zero attached hydrogens (tertiary/aromatic N) is 2. The third-order valence-electron chi connectivity index (χ3n) is 2.52. The van der Waals surface area contributed by atoms with Crippen molar-refractivity contribution in [3.05, 3.63) is 35.1 Å². The number of nitrogen functional groups attached to an aromatic ring is 1. The molecule has 0 aliphatic rings. The number of aromatic nitrogens is 2. The Balaban J connectivity index is 2.40. The minimum atomic E-state index is -3.70. The second-order valence-corrected chi connectivity index (χ2v) is 6.21. The van der Waals surface area contributed by atoms with Crippen molar-refractivity contribution >= 4 is 33.0 Å². The van der Waals surface area contributed by atoms with Gasteiger partial charge in [-0.05, 0) is 24.6 Å². The Labute approximate surface area is 116 Å². The van der Waals surface area contributed by atoms with Crippen molar-refractivity contribution in [3.8, 4) is 0 Å². The number of nitrogens with one attached hydrogen (secondary N) is 1. The van der Waals surface area contributed by atoms with Crippen LogP contribution in [0.3, 0.4) is 0 Å². The lowest BCUT2D eigenvalue weighted by Crippen LogP contribution is -2.13. The molecule has 0 aliphatic heterocycles. The predicted molar refractivity (Wildman–Crippen MR) is 74.6 cm³/mol. The van der Waals surface area contributed by atoms with E-state index in [1.54, 1.807) is 20.2 Å². The number of benzene rings is 1. The Morgan fingerprint density at radius 2 is 2.11 bits per heavy atom. The van der Waals surface area contributed by atoms with E-state index in [-0.39, 0.29) is 10.6 Å². The van der Waals surface area contributed by atoms with Gasteiger partial charge < -0.3 is 5.73 Å². The molecule has 0 saturated carbocycles. The number of hydrogen-bond acceptors (Lipinski definition) is 4. The fourth-order valence-electron chi connectivity index (χ4n) is 1.61. The van der Waals surface area contributed by atoms with Gasteiger partial charge in [0.25, 0.3) is 10.0 Å². The molecule has 0 fully saturated rings. The standard InChI is InChI=1S/C11H13ClN4O2S/c1-7-3-9(4-10(13)11(7)12)19(17,18)15-8-5-14-16(2)6-8/h3-6,15H,13H2,1-2H3. The van der Waals surface area contributed by atoms with Crippen molar-refractivity contribution in [2.75, 3.05) is 10.5 Å². The number of hydrogen-bond donors (Lipinski definition) is 2. The maximum atomic E-state index is 12.2. The van der Waals surface area contributed by atoms with E-state index >= 15 is 0 Å². The summed E-state index contributed by atoms with van der Waals surface area (Å²) < 4.78 is 28.3. The SMILES string of the molecule is Cc1cc(S(=O)(=O)Nc2cnn(C)c2)cc(N)c1Cl. The molecule has 8 heteroatoms. The number of sulfonamides is 1. The minimum absolute atomic E-state index is 0.0655. The van der Waals surface area contributed by atoms with Gasteiger partial charge in [-0.15, -0.1) is 0 Å². The lowest BCUT2D eigenvalue weighted by Gasteiger charge is -2.09. The van der Waals surface area contributed by atoms with Crippen LogP contribution in [-0.4, -0.2) is 18.2 Å². The van der Waals surface area contributed by atoms with E-state index in [1.807, 2.05) is 0 Å². The molecule has 0 spiro atoms. The van der Waals surface area contributed by atoms with E-state index in [2.05, 4.69) is 9.82 Å². The van der Waals surface area contributed by atoms with Crippen molar-refractivity contribution in [1.29, 1.82) is 0 Å². The molecule has 6 nitrogen and oxygen atoms in total. The monoisotopic (exact) mass is 300 g/mol. The number of anilines is 2. The maximum Gasteiger partial charge on any atom is 0.262 e. The smallest absolute Gasteiger partial charge is 0.262 e. The molecule has 3 N–H and O–H groups in total. The normalized spacial score (nSPS) is 11.5. The molecule has 0 unspecified atom stereocenters. The van der Waals surface area contributed by atoms with Crippen molar-refractivity contribution in [2.45, 2.75) is 11.8 Å². The first-order chi connectivity index (χ1) is 8.79. The van der Waals surface area contributed by atoms with E-state index in [9.17, 15) is 8.42 Å². The first-order valence-electron chi connectivity index (χ1n) is 5.36. The van der Waals surface area contributed by atoms with Gasteiger partial charge in [-0.3, -0.25) is 9.40 Å². The summed E-state index contributed by atoms with van der Waals surface area (Å²) in [4.78, 5) is 0.0655. The van der Waals surface area contributed by atoms with Crippen LogP contribution in [0.5, 0.6) is 0 Å². The third-order valence-corrected chi connectivity index (χ3v) is 4.40. The molecule has 2 aromatic rings. The zero-order valence-corrected chi connectivity index (χ0v) is 12.0. The molecule has 0 bridgehead atoms. The summed E-state index contributed by atoms with van der Waals surface area (Å²) >= 11 is 5.91. The van der Waals surface area contributed by atoms with Gasteiger partial charge >= 0.3 is 0 Å². The van der Waals surface area contributed by atoms with Crippen molar-refractivity contribution in [1.82, 2.24) is 9.78 Å². The molecule has 1 aromatic heterocycles. The second kappa shape index (κ2) is 4.75. The van der Waals surface area contributed by atoms with E-state index in [4.69, 9.17) is 17.3 Å². The van der Waals surface area contributed by atoms with Gasteiger partial charge in [0.2, 0.25) is 0 Å². The molecule has 0 saturated heterocycles. The summed E-state index contributed by atoms with van der Waals surface area (Å²) in [5.41, 5.74) is 6.89. The summed E-state index contributed by atoms with van der Waals surface area (Å²) in [6, 6.07) is 2.80. The number of aryl methyl sites for hydroxylation is 2. The number of nitrogens with two attached hydrogens (primary N) is 1. The Hall–Kier alpha value is -1.73. The third kappa shape index (κ3) is 2.82. The van der Waals surface area contributed by atoms with Gasteiger partial charge in [-0.25, -0.2) is 8.42 Å². The highest BCUT2D eigenvalue weighted by molar-refractivity contribution is 7.92. The van der Waals surface area contributed by atoms with Crippen LogP contribution in [0.2, 0.25) is 5.02 Å². The zero-order chi connectivity index (χ0) is 14.2. The van der Waals surface area contributed by atoms with Crippen molar-refractivity contribution in [3.63, 3.8) is 0 Å². The highest BCUT2D eigenvalue weighted by Crippen LogP contribution is 2.27. The molecule has 0 radical (unpaired) electrons. The molecule has 2 rings (SSSR count). The highest BCUT2D eigenvalue weighted by atomic mass is 35.5. The zero-order valence-electron chi connectivity index (χ0n) is 10.4. The molecule has 1 aromatic carbocycles. The Morgan fingerprint density at radius 3 is 2.63 bits per heavy atom.